The van der Waals surface area contributed by atoms with Crippen molar-refractivity contribution in [1.82, 2.24) is 0 Å². The summed E-state index contributed by atoms with van der Waals surface area (Å²) >= 11 is 0. The minimum atomic E-state index is -0.563. The van der Waals surface area contributed by atoms with E-state index in [1.807, 2.05) is 0 Å². The van der Waals surface area contributed by atoms with Crippen LogP contribution in [0.5, 0.6) is 0 Å². The third kappa shape index (κ3) is 1.99. The maximum atomic E-state index is 10.2. The van der Waals surface area contributed by atoms with Crippen molar-refractivity contribution in [3.05, 3.63) is 0 Å². The molecule has 0 aromatic heterocycles. The summed E-state index contributed by atoms with van der Waals surface area (Å²) in [5, 5.41) is 10.2. The SMILES string of the molecule is CC(C)[C@@H](N)C1(O)CCCCC1. The lowest BCUT2D eigenvalue weighted by molar-refractivity contribution is -0.0314. The van der Waals surface area contributed by atoms with Crippen LogP contribution in [0.1, 0.15) is 46.0 Å². The lowest BCUT2D eigenvalue weighted by atomic mass is 9.76. The minimum absolute atomic E-state index is 0.0437. The molecule has 1 fully saturated rings. The summed E-state index contributed by atoms with van der Waals surface area (Å²) in [4.78, 5) is 0. The van der Waals surface area contributed by atoms with E-state index in [9.17, 15) is 5.11 Å². The Balaban J connectivity index is 2.56. The summed E-state index contributed by atoms with van der Waals surface area (Å²) in [6, 6.07) is -0.0437. The van der Waals surface area contributed by atoms with Crippen LogP contribution in [0.3, 0.4) is 0 Å². The van der Waals surface area contributed by atoms with Crippen molar-refractivity contribution >= 4 is 0 Å². The topological polar surface area (TPSA) is 46.2 Å². The molecule has 1 atom stereocenters. The zero-order chi connectivity index (χ0) is 9.19. The van der Waals surface area contributed by atoms with E-state index in [1.54, 1.807) is 0 Å². The zero-order valence-corrected chi connectivity index (χ0v) is 8.21. The van der Waals surface area contributed by atoms with Gasteiger partial charge in [0.25, 0.3) is 0 Å². The molecule has 0 aliphatic heterocycles. The molecule has 0 aromatic carbocycles. The molecule has 0 unspecified atom stereocenters. The fraction of sp³-hybridized carbons (Fsp3) is 1.00. The Hall–Kier alpha value is -0.0800. The van der Waals surface area contributed by atoms with Crippen LogP contribution in [-0.4, -0.2) is 16.7 Å². The highest BCUT2D eigenvalue weighted by atomic mass is 16.3. The first kappa shape index (κ1) is 10.0. The van der Waals surface area contributed by atoms with E-state index < -0.39 is 5.60 Å². The van der Waals surface area contributed by atoms with E-state index in [1.165, 1.54) is 6.42 Å². The summed E-state index contributed by atoms with van der Waals surface area (Å²) in [7, 11) is 0. The Bertz CT molecular complexity index is 139. The van der Waals surface area contributed by atoms with E-state index in [-0.39, 0.29) is 6.04 Å². The highest BCUT2D eigenvalue weighted by Gasteiger charge is 2.36. The molecule has 0 spiro atoms. The molecule has 0 amide bonds. The van der Waals surface area contributed by atoms with Gasteiger partial charge in [0, 0.05) is 6.04 Å². The van der Waals surface area contributed by atoms with E-state index in [2.05, 4.69) is 13.8 Å². The van der Waals surface area contributed by atoms with E-state index in [4.69, 9.17) is 5.73 Å². The predicted octanol–water partition coefficient (Wildman–Crippen LogP) is 1.66. The number of aliphatic hydroxyl groups is 1. The average Bonchev–Trinajstić information content (AvgIpc) is 2.04. The molecule has 72 valence electrons. The number of rotatable bonds is 2. The molecule has 2 nitrogen and oxygen atoms in total. The van der Waals surface area contributed by atoms with Crippen LogP contribution in [0.4, 0.5) is 0 Å². The first-order valence-corrected chi connectivity index (χ1v) is 5.04. The van der Waals surface area contributed by atoms with Crippen LogP contribution in [-0.2, 0) is 0 Å². The maximum Gasteiger partial charge on any atom is 0.0800 e. The van der Waals surface area contributed by atoms with Crippen molar-refractivity contribution < 1.29 is 5.11 Å². The van der Waals surface area contributed by atoms with Crippen molar-refractivity contribution in [1.29, 1.82) is 0 Å². The van der Waals surface area contributed by atoms with E-state index >= 15 is 0 Å². The summed E-state index contributed by atoms with van der Waals surface area (Å²) in [5.41, 5.74) is 5.41. The zero-order valence-electron chi connectivity index (χ0n) is 8.21. The maximum absolute atomic E-state index is 10.2. The fourth-order valence-electron chi connectivity index (χ4n) is 2.12. The van der Waals surface area contributed by atoms with Gasteiger partial charge < -0.3 is 10.8 Å². The van der Waals surface area contributed by atoms with Gasteiger partial charge in [-0.3, -0.25) is 0 Å². The second-order valence-corrected chi connectivity index (χ2v) is 4.43. The van der Waals surface area contributed by atoms with Crippen LogP contribution < -0.4 is 5.73 Å². The Labute approximate surface area is 75.2 Å². The van der Waals surface area contributed by atoms with Crippen molar-refractivity contribution in [2.24, 2.45) is 11.7 Å². The van der Waals surface area contributed by atoms with Crippen molar-refractivity contribution in [3.8, 4) is 0 Å². The molecule has 1 rings (SSSR count). The van der Waals surface area contributed by atoms with Gasteiger partial charge in [0.15, 0.2) is 0 Å². The van der Waals surface area contributed by atoms with Gasteiger partial charge in [0.1, 0.15) is 0 Å². The van der Waals surface area contributed by atoms with Gasteiger partial charge in [0.05, 0.1) is 5.60 Å². The van der Waals surface area contributed by atoms with Crippen LogP contribution in [0.15, 0.2) is 0 Å². The average molecular weight is 171 g/mol. The highest BCUT2D eigenvalue weighted by Crippen LogP contribution is 2.32. The summed E-state index contributed by atoms with van der Waals surface area (Å²) in [5.74, 6) is 0.382. The monoisotopic (exact) mass is 171 g/mol. The Morgan fingerprint density at radius 1 is 1.17 bits per heavy atom. The van der Waals surface area contributed by atoms with Crippen molar-refractivity contribution in [2.75, 3.05) is 0 Å². The third-order valence-corrected chi connectivity index (χ3v) is 3.06. The molecule has 1 aliphatic carbocycles. The molecule has 0 saturated heterocycles. The minimum Gasteiger partial charge on any atom is -0.388 e. The summed E-state index contributed by atoms with van der Waals surface area (Å²) in [6.07, 6.45) is 5.32. The molecule has 1 aliphatic rings. The van der Waals surface area contributed by atoms with Gasteiger partial charge in [-0.15, -0.1) is 0 Å². The van der Waals surface area contributed by atoms with Gasteiger partial charge >= 0.3 is 0 Å². The molecule has 0 heterocycles. The number of hydrogen-bond donors (Lipinski definition) is 2. The van der Waals surface area contributed by atoms with Gasteiger partial charge in [0.2, 0.25) is 0 Å². The fourth-order valence-corrected chi connectivity index (χ4v) is 2.12. The normalized spacial score (nSPS) is 25.8. The quantitative estimate of drug-likeness (QED) is 0.664. The van der Waals surface area contributed by atoms with Gasteiger partial charge in [-0.05, 0) is 18.8 Å². The highest BCUT2D eigenvalue weighted by molar-refractivity contribution is 4.93. The lowest BCUT2D eigenvalue weighted by Gasteiger charge is -2.39. The molecule has 2 heteroatoms. The van der Waals surface area contributed by atoms with Crippen molar-refractivity contribution in [3.63, 3.8) is 0 Å². The molecule has 0 bridgehead atoms. The van der Waals surface area contributed by atoms with Crippen LogP contribution in [0.2, 0.25) is 0 Å². The van der Waals surface area contributed by atoms with Gasteiger partial charge in [-0.1, -0.05) is 33.1 Å². The number of hydrogen-bond acceptors (Lipinski definition) is 2. The second kappa shape index (κ2) is 3.75. The third-order valence-electron chi connectivity index (χ3n) is 3.06. The van der Waals surface area contributed by atoms with Crippen LogP contribution in [0, 0.1) is 5.92 Å². The molecule has 3 N–H and O–H groups in total. The molecule has 0 aromatic rings. The standard InChI is InChI=1S/C10H21NO/c1-8(2)9(11)10(12)6-4-3-5-7-10/h8-9,12H,3-7,11H2,1-2H3/t9-/m1/s1. The summed E-state index contributed by atoms with van der Waals surface area (Å²) < 4.78 is 0. The molecule has 1 saturated carbocycles. The first-order valence-electron chi connectivity index (χ1n) is 5.04. The van der Waals surface area contributed by atoms with Crippen molar-refractivity contribution in [2.45, 2.75) is 57.6 Å². The first-order chi connectivity index (χ1) is 5.56. The van der Waals surface area contributed by atoms with E-state index in [0.29, 0.717) is 5.92 Å². The Morgan fingerprint density at radius 2 is 1.67 bits per heavy atom. The second-order valence-electron chi connectivity index (χ2n) is 4.43. The molecular weight excluding hydrogens is 150 g/mol. The largest absolute Gasteiger partial charge is 0.388 e. The van der Waals surface area contributed by atoms with Gasteiger partial charge in [-0.25, -0.2) is 0 Å². The Kier molecular flexibility index (Phi) is 3.13. The lowest BCUT2D eigenvalue weighted by Crippen LogP contribution is -2.52. The van der Waals surface area contributed by atoms with Crippen LogP contribution >= 0.6 is 0 Å². The predicted molar refractivity (Wildman–Crippen MR) is 50.8 cm³/mol. The molecule has 12 heavy (non-hydrogen) atoms. The smallest absolute Gasteiger partial charge is 0.0800 e. The van der Waals surface area contributed by atoms with E-state index in [0.717, 1.165) is 25.7 Å². The number of nitrogens with two attached hydrogens (primary N) is 1. The summed E-state index contributed by atoms with van der Waals surface area (Å²) in [6.45, 7) is 4.16. The van der Waals surface area contributed by atoms with Gasteiger partial charge in [-0.2, -0.15) is 0 Å². The Morgan fingerprint density at radius 3 is 2.08 bits per heavy atom. The molecule has 0 radical (unpaired) electrons. The molecular formula is C10H21NO. The van der Waals surface area contributed by atoms with Crippen LogP contribution in [0.25, 0.3) is 0 Å².